The van der Waals surface area contributed by atoms with Gasteiger partial charge in [-0.1, -0.05) is 58.8 Å². The number of anilines is 1. The molecule has 156 valence electrons. The number of carbonyl (C=O) groups excluding carboxylic acids is 1. The van der Waals surface area contributed by atoms with Crippen LogP contribution in [-0.2, 0) is 0 Å². The first kappa shape index (κ1) is 24.1. The highest BCUT2D eigenvalue weighted by Gasteiger charge is 2.22. The average Bonchev–Trinajstić information content (AvgIpc) is 3.09. The van der Waals surface area contributed by atoms with Crippen molar-refractivity contribution in [1.82, 2.24) is 9.88 Å². The van der Waals surface area contributed by atoms with Crippen molar-refractivity contribution in [3.05, 3.63) is 57.0 Å². The standard InChI is InChI=1S/C21H23BrClN3OS.ClH/c1-4-25(5-2)9-10-26(20(27)15-7-6-8-16(22)12-15)21-24-19-14(3)11-17(23)13-18(19)28-21;/h6-8,11-13H,4-5,9-10H2,1-3H3;1H. The highest BCUT2D eigenvalue weighted by molar-refractivity contribution is 9.10. The molecule has 3 rings (SSSR count). The molecule has 0 saturated heterocycles. The number of fused-ring (bicyclic) bond motifs is 1. The predicted molar refractivity (Wildman–Crippen MR) is 130 cm³/mol. The average molecular weight is 517 g/mol. The maximum absolute atomic E-state index is 13.3. The number of rotatable bonds is 7. The summed E-state index contributed by atoms with van der Waals surface area (Å²) in [6, 6.07) is 11.3. The van der Waals surface area contributed by atoms with Crippen molar-refractivity contribution in [2.75, 3.05) is 31.1 Å². The van der Waals surface area contributed by atoms with Gasteiger partial charge in [0.2, 0.25) is 0 Å². The van der Waals surface area contributed by atoms with Gasteiger partial charge >= 0.3 is 0 Å². The molecule has 0 N–H and O–H groups in total. The minimum atomic E-state index is -0.0451. The van der Waals surface area contributed by atoms with Crippen LogP contribution in [0.2, 0.25) is 5.02 Å². The van der Waals surface area contributed by atoms with Gasteiger partial charge < -0.3 is 4.90 Å². The van der Waals surface area contributed by atoms with Crippen LogP contribution in [0.3, 0.4) is 0 Å². The molecule has 1 aromatic heterocycles. The SMILES string of the molecule is CCN(CC)CCN(C(=O)c1cccc(Br)c1)c1nc2c(C)cc(Cl)cc2s1.Cl. The normalized spacial score (nSPS) is 11.0. The number of nitrogens with zero attached hydrogens (tertiary/aromatic N) is 3. The first-order valence-corrected chi connectivity index (χ1v) is 11.3. The van der Waals surface area contributed by atoms with Crippen molar-refractivity contribution < 1.29 is 4.79 Å². The molecule has 8 heteroatoms. The van der Waals surface area contributed by atoms with E-state index >= 15 is 0 Å². The van der Waals surface area contributed by atoms with E-state index in [-0.39, 0.29) is 18.3 Å². The molecule has 1 heterocycles. The molecule has 2 aromatic carbocycles. The Morgan fingerprint density at radius 2 is 1.90 bits per heavy atom. The number of likely N-dealkylation sites (N-methyl/N-ethyl adjacent to an activating group) is 1. The second-order valence-electron chi connectivity index (χ2n) is 6.56. The van der Waals surface area contributed by atoms with Crippen LogP contribution < -0.4 is 4.90 Å². The molecule has 0 radical (unpaired) electrons. The highest BCUT2D eigenvalue weighted by Crippen LogP contribution is 2.33. The molecule has 0 fully saturated rings. The molecule has 4 nitrogen and oxygen atoms in total. The molecule has 1 amide bonds. The Balaban J connectivity index is 0.00000300. The number of amides is 1. The topological polar surface area (TPSA) is 36.4 Å². The van der Waals surface area contributed by atoms with Crippen LogP contribution in [0.15, 0.2) is 40.9 Å². The van der Waals surface area contributed by atoms with E-state index in [1.807, 2.05) is 43.3 Å². The first-order chi connectivity index (χ1) is 13.4. The fraction of sp³-hybridized carbons (Fsp3) is 0.333. The van der Waals surface area contributed by atoms with Gasteiger partial charge in [0.25, 0.3) is 5.91 Å². The van der Waals surface area contributed by atoms with E-state index in [1.54, 1.807) is 4.90 Å². The number of carbonyl (C=O) groups is 1. The van der Waals surface area contributed by atoms with Gasteiger partial charge in [0.1, 0.15) is 0 Å². The summed E-state index contributed by atoms with van der Waals surface area (Å²) in [4.78, 5) is 22.2. The quantitative estimate of drug-likeness (QED) is 0.363. The van der Waals surface area contributed by atoms with E-state index in [1.165, 1.54) is 11.3 Å². The summed E-state index contributed by atoms with van der Waals surface area (Å²) in [7, 11) is 0. The van der Waals surface area contributed by atoms with E-state index in [4.69, 9.17) is 16.6 Å². The third-order valence-electron chi connectivity index (χ3n) is 4.72. The van der Waals surface area contributed by atoms with Crippen LogP contribution in [0.25, 0.3) is 10.2 Å². The molecule has 0 unspecified atom stereocenters. The molecule has 0 atom stereocenters. The molecule has 0 aliphatic carbocycles. The zero-order valence-corrected chi connectivity index (χ0v) is 20.6. The first-order valence-electron chi connectivity index (χ1n) is 9.29. The molecule has 29 heavy (non-hydrogen) atoms. The summed E-state index contributed by atoms with van der Waals surface area (Å²) >= 11 is 11.2. The Labute approximate surface area is 195 Å². The lowest BCUT2D eigenvalue weighted by Crippen LogP contribution is -2.38. The smallest absolute Gasteiger partial charge is 0.260 e. The van der Waals surface area contributed by atoms with Crippen LogP contribution in [0.1, 0.15) is 29.8 Å². The second-order valence-corrected chi connectivity index (χ2v) is 8.92. The summed E-state index contributed by atoms with van der Waals surface area (Å²) in [5, 5.41) is 1.39. The van der Waals surface area contributed by atoms with Crippen LogP contribution in [0, 0.1) is 6.92 Å². The van der Waals surface area contributed by atoms with Gasteiger partial charge in [0, 0.05) is 28.1 Å². The molecule has 0 aliphatic heterocycles. The summed E-state index contributed by atoms with van der Waals surface area (Å²) in [6.07, 6.45) is 0. The van der Waals surface area contributed by atoms with Gasteiger partial charge in [-0.15, -0.1) is 12.4 Å². The van der Waals surface area contributed by atoms with E-state index in [2.05, 4.69) is 34.7 Å². The van der Waals surface area contributed by atoms with E-state index in [9.17, 15) is 4.79 Å². The Bertz CT molecular complexity index is 991. The predicted octanol–water partition coefficient (Wildman–Crippen LogP) is 6.43. The number of halogens is 3. The number of thiazole rings is 1. The summed E-state index contributed by atoms with van der Waals surface area (Å²) in [6.45, 7) is 9.53. The van der Waals surface area contributed by atoms with Crippen LogP contribution in [-0.4, -0.2) is 42.0 Å². The number of hydrogen-bond donors (Lipinski definition) is 0. The number of aromatic nitrogens is 1. The fourth-order valence-corrected chi connectivity index (χ4v) is 4.94. The number of aryl methyl sites for hydroxylation is 1. The van der Waals surface area contributed by atoms with Crippen molar-refractivity contribution in [3.8, 4) is 0 Å². The van der Waals surface area contributed by atoms with E-state index in [0.29, 0.717) is 22.3 Å². The van der Waals surface area contributed by atoms with Crippen LogP contribution >= 0.6 is 51.3 Å². The van der Waals surface area contributed by atoms with Gasteiger partial charge in [-0.2, -0.15) is 0 Å². The summed E-state index contributed by atoms with van der Waals surface area (Å²) in [5.41, 5.74) is 2.56. The fourth-order valence-electron chi connectivity index (χ4n) is 3.10. The molecule has 3 aromatic rings. The lowest BCUT2D eigenvalue weighted by Gasteiger charge is -2.24. The molecular weight excluding hydrogens is 493 g/mol. The number of hydrogen-bond acceptors (Lipinski definition) is 4. The minimum Gasteiger partial charge on any atom is -0.302 e. The van der Waals surface area contributed by atoms with Crippen molar-refractivity contribution in [3.63, 3.8) is 0 Å². The maximum Gasteiger partial charge on any atom is 0.260 e. The zero-order chi connectivity index (χ0) is 20.3. The van der Waals surface area contributed by atoms with Gasteiger partial charge in [-0.05, 0) is 55.9 Å². The highest BCUT2D eigenvalue weighted by atomic mass is 79.9. The van der Waals surface area contributed by atoms with Gasteiger partial charge in [0.15, 0.2) is 5.13 Å². The van der Waals surface area contributed by atoms with E-state index < -0.39 is 0 Å². The molecule has 0 saturated carbocycles. The summed E-state index contributed by atoms with van der Waals surface area (Å²) in [5.74, 6) is -0.0451. The largest absolute Gasteiger partial charge is 0.302 e. The lowest BCUT2D eigenvalue weighted by molar-refractivity contribution is 0.0983. The zero-order valence-electron chi connectivity index (χ0n) is 16.6. The van der Waals surface area contributed by atoms with Gasteiger partial charge in [-0.25, -0.2) is 4.98 Å². The van der Waals surface area contributed by atoms with Crippen molar-refractivity contribution in [2.45, 2.75) is 20.8 Å². The Morgan fingerprint density at radius 3 is 2.55 bits per heavy atom. The summed E-state index contributed by atoms with van der Waals surface area (Å²) < 4.78 is 1.88. The number of benzene rings is 2. The Hall–Kier alpha value is -1.18. The third kappa shape index (κ3) is 5.70. The van der Waals surface area contributed by atoms with Crippen molar-refractivity contribution in [2.24, 2.45) is 0 Å². The van der Waals surface area contributed by atoms with E-state index in [0.717, 1.165) is 39.9 Å². The van der Waals surface area contributed by atoms with Gasteiger partial charge in [0.05, 0.1) is 10.2 Å². The monoisotopic (exact) mass is 515 g/mol. The Morgan fingerprint density at radius 1 is 1.17 bits per heavy atom. The molecule has 0 aliphatic rings. The minimum absolute atomic E-state index is 0. The van der Waals surface area contributed by atoms with Gasteiger partial charge in [-0.3, -0.25) is 9.69 Å². The second kappa shape index (κ2) is 10.7. The maximum atomic E-state index is 13.3. The van der Waals surface area contributed by atoms with Crippen molar-refractivity contribution >= 4 is 72.5 Å². The third-order valence-corrected chi connectivity index (χ3v) is 6.46. The molecule has 0 bridgehead atoms. The van der Waals surface area contributed by atoms with Crippen LogP contribution in [0.4, 0.5) is 5.13 Å². The molecule has 0 spiro atoms. The van der Waals surface area contributed by atoms with Crippen LogP contribution in [0.5, 0.6) is 0 Å². The Kier molecular flexibility index (Phi) is 8.91. The van der Waals surface area contributed by atoms with Crippen molar-refractivity contribution in [1.29, 1.82) is 0 Å². The molecular formula is C21H24BrCl2N3OS. The lowest BCUT2D eigenvalue weighted by atomic mass is 10.2.